The minimum Gasteiger partial charge on any atom is -0.309 e. The molecule has 0 aliphatic heterocycles. The Morgan fingerprint density at radius 1 is 0.247 bits per heavy atom. The molecule has 18 aromatic rings. The molecular weight excluding hydrogens is 1180 g/mol. The second-order valence-electron chi connectivity index (χ2n) is 28.0. The molecule has 3 aliphatic carbocycles. The molecule has 5 nitrogen and oxygen atoms in total. The molecule has 454 valence electrons. The molecule has 4 aromatic heterocycles. The first-order valence-electron chi connectivity index (χ1n) is 33.9. The van der Waals surface area contributed by atoms with Gasteiger partial charge in [0, 0.05) is 82.5 Å². The number of hydrogen-bond acceptors (Lipinski definition) is 2. The molecule has 14 aromatic carbocycles. The number of rotatable bonds is 7. The highest BCUT2D eigenvalue weighted by Gasteiger charge is 2.38. The number of fused-ring (bicyclic) bond motifs is 18. The molecule has 0 amide bonds. The van der Waals surface area contributed by atoms with Gasteiger partial charge in [0.2, 0.25) is 0 Å². The summed E-state index contributed by atoms with van der Waals surface area (Å²) in [5.74, 6) is 0.712. The van der Waals surface area contributed by atoms with Gasteiger partial charge in [-0.15, -0.1) is 0 Å². The average Bonchev–Trinajstić information content (AvgIpc) is 1.59. The summed E-state index contributed by atoms with van der Waals surface area (Å²) in [4.78, 5) is 10.9. The summed E-state index contributed by atoms with van der Waals surface area (Å²) in [5.41, 5.74) is 33.0. The zero-order chi connectivity index (χ0) is 64.2. The van der Waals surface area contributed by atoms with E-state index >= 15 is 0 Å². The van der Waals surface area contributed by atoms with Crippen molar-refractivity contribution in [3.63, 3.8) is 0 Å². The second kappa shape index (κ2) is 19.7. The van der Waals surface area contributed by atoms with Gasteiger partial charge >= 0.3 is 0 Å². The molecule has 97 heavy (non-hydrogen) atoms. The molecule has 0 fully saturated rings. The molecule has 4 heterocycles. The standard InChI is InChI=1S/C92H61N5/c1-91(2)76-31-12-8-25-64(76)66-41-39-62(52-78(66)91)96-80-33-14-10-27-68(80)72-48-56(35-43-82(72)96)58-37-45-84-74(50-58)75-51-59(57-36-44-83-73(49-57)69-28-11-15-34-81(69)97(83)63-40-42-67-65-26-9-13-32-77(65)92(3,4)79(67)53-63)38-46-85(75)95(84)61-24-16-23-60(47-61)88-87-70-29-17-21-54-22-18-30-71(86(54)70)89(87)94-90(93-88)55-19-6-5-7-20-55/h5-53H,1-4H3. The first-order chi connectivity index (χ1) is 47.6. The van der Waals surface area contributed by atoms with Gasteiger partial charge in [0.15, 0.2) is 5.82 Å². The average molecular weight is 1240 g/mol. The van der Waals surface area contributed by atoms with Crippen molar-refractivity contribution >= 4 is 76.2 Å². The molecule has 5 heteroatoms. The number of nitrogens with zero attached hydrogens (tertiary/aromatic N) is 5. The Morgan fingerprint density at radius 3 is 1.16 bits per heavy atom. The van der Waals surface area contributed by atoms with Crippen molar-refractivity contribution in [2.24, 2.45) is 0 Å². The van der Waals surface area contributed by atoms with Crippen molar-refractivity contribution < 1.29 is 0 Å². The lowest BCUT2D eigenvalue weighted by atomic mass is 9.82. The van der Waals surface area contributed by atoms with Gasteiger partial charge in [-0.1, -0.05) is 228 Å². The molecule has 0 radical (unpaired) electrons. The summed E-state index contributed by atoms with van der Waals surface area (Å²) in [5, 5.41) is 9.71. The highest BCUT2D eigenvalue weighted by atomic mass is 15.0. The van der Waals surface area contributed by atoms with E-state index in [1.54, 1.807) is 0 Å². The van der Waals surface area contributed by atoms with Crippen molar-refractivity contribution in [2.45, 2.75) is 38.5 Å². The van der Waals surface area contributed by atoms with Crippen molar-refractivity contribution in [1.29, 1.82) is 0 Å². The number of para-hydroxylation sites is 2. The Labute approximate surface area is 561 Å². The minimum absolute atomic E-state index is 0.115. The smallest absolute Gasteiger partial charge is 0.160 e. The number of benzene rings is 14. The first-order valence-corrected chi connectivity index (χ1v) is 33.9. The summed E-state index contributed by atoms with van der Waals surface area (Å²) >= 11 is 0. The van der Waals surface area contributed by atoms with Gasteiger partial charge in [0.1, 0.15) is 0 Å². The van der Waals surface area contributed by atoms with E-state index in [0.29, 0.717) is 5.82 Å². The molecule has 21 rings (SSSR count). The van der Waals surface area contributed by atoms with E-state index in [-0.39, 0.29) is 10.8 Å². The van der Waals surface area contributed by atoms with Crippen LogP contribution in [-0.2, 0) is 10.8 Å². The zero-order valence-electron chi connectivity index (χ0n) is 54.0. The van der Waals surface area contributed by atoms with Gasteiger partial charge in [0.25, 0.3) is 0 Å². The van der Waals surface area contributed by atoms with Crippen molar-refractivity contribution in [2.75, 3.05) is 0 Å². The van der Waals surface area contributed by atoms with E-state index in [1.165, 1.54) is 138 Å². The van der Waals surface area contributed by atoms with Crippen molar-refractivity contribution in [3.05, 3.63) is 320 Å². The van der Waals surface area contributed by atoms with E-state index < -0.39 is 0 Å². The van der Waals surface area contributed by atoms with Crippen LogP contribution in [-0.4, -0.2) is 23.7 Å². The first kappa shape index (κ1) is 54.2. The summed E-state index contributed by atoms with van der Waals surface area (Å²) in [6, 6.07) is 111. The van der Waals surface area contributed by atoms with Crippen LogP contribution in [0.5, 0.6) is 0 Å². The lowest BCUT2D eigenvalue weighted by Crippen LogP contribution is -2.15. The highest BCUT2D eigenvalue weighted by Crippen LogP contribution is 2.54. The third kappa shape index (κ3) is 7.59. The minimum atomic E-state index is -0.115. The second-order valence-corrected chi connectivity index (χ2v) is 28.0. The predicted octanol–water partition coefficient (Wildman–Crippen LogP) is 23.8. The summed E-state index contributed by atoms with van der Waals surface area (Å²) < 4.78 is 7.41. The van der Waals surface area contributed by atoms with Gasteiger partial charge < -0.3 is 13.7 Å². The van der Waals surface area contributed by atoms with E-state index in [4.69, 9.17) is 9.97 Å². The molecule has 0 unspecified atom stereocenters. The summed E-state index contributed by atoms with van der Waals surface area (Å²) in [7, 11) is 0. The number of aromatic nitrogens is 5. The number of hydrogen-bond donors (Lipinski definition) is 0. The third-order valence-electron chi connectivity index (χ3n) is 22.2. The molecule has 0 saturated carbocycles. The van der Waals surface area contributed by atoms with Crippen molar-refractivity contribution in [1.82, 2.24) is 23.7 Å². The van der Waals surface area contributed by atoms with Crippen LogP contribution in [0.2, 0.25) is 0 Å². The van der Waals surface area contributed by atoms with Gasteiger partial charge in [-0.2, -0.15) is 0 Å². The van der Waals surface area contributed by atoms with Crippen LogP contribution in [0.15, 0.2) is 297 Å². The lowest BCUT2D eigenvalue weighted by Gasteiger charge is -2.22. The maximum Gasteiger partial charge on any atom is 0.160 e. The van der Waals surface area contributed by atoms with Gasteiger partial charge in [-0.25, -0.2) is 9.97 Å². The third-order valence-corrected chi connectivity index (χ3v) is 22.2. The van der Waals surface area contributed by atoms with Crippen LogP contribution in [0.3, 0.4) is 0 Å². The maximum absolute atomic E-state index is 5.54. The van der Waals surface area contributed by atoms with Crippen LogP contribution in [0.1, 0.15) is 49.9 Å². The fraction of sp³-hybridized carbons (Fsp3) is 0.0652. The highest BCUT2D eigenvalue weighted by molar-refractivity contribution is 6.18. The monoisotopic (exact) mass is 1240 g/mol. The lowest BCUT2D eigenvalue weighted by molar-refractivity contribution is 0.660. The largest absolute Gasteiger partial charge is 0.309 e. The molecule has 0 N–H and O–H groups in total. The topological polar surface area (TPSA) is 40.6 Å². The maximum atomic E-state index is 5.54. The Bertz CT molecular complexity index is 6220. The molecule has 3 aliphatic rings. The fourth-order valence-electron chi connectivity index (χ4n) is 17.6. The summed E-state index contributed by atoms with van der Waals surface area (Å²) in [6.45, 7) is 9.47. The van der Waals surface area contributed by atoms with E-state index in [0.717, 1.165) is 61.5 Å². The predicted molar refractivity (Wildman–Crippen MR) is 404 cm³/mol. The molecule has 0 bridgehead atoms. The van der Waals surface area contributed by atoms with Crippen LogP contribution in [0.4, 0.5) is 0 Å². The van der Waals surface area contributed by atoms with Crippen LogP contribution < -0.4 is 0 Å². The van der Waals surface area contributed by atoms with E-state index in [1.807, 2.05) is 0 Å². The van der Waals surface area contributed by atoms with Gasteiger partial charge in [0.05, 0.1) is 44.5 Å². The van der Waals surface area contributed by atoms with Gasteiger partial charge in [-0.05, 0) is 180 Å². The molecular formula is C92H61N5. The van der Waals surface area contributed by atoms with E-state index in [9.17, 15) is 0 Å². The Hall–Kier alpha value is -12.2. The summed E-state index contributed by atoms with van der Waals surface area (Å²) in [6.07, 6.45) is 0. The normalized spacial score (nSPS) is 13.7. The molecule has 0 spiro atoms. The van der Waals surface area contributed by atoms with Crippen molar-refractivity contribution in [3.8, 4) is 107 Å². The van der Waals surface area contributed by atoms with E-state index in [2.05, 4.69) is 339 Å². The SMILES string of the molecule is CC1(C)c2ccccc2-c2ccc(-n3c4ccccc4c4cc(-c5ccc6c(c5)c5cc(-c7ccc8c(c7)c7ccccc7n8-c7ccc8c(c7)C(C)(C)c7ccccc7-8)ccc5n6-c5cccc(-c6nc(-c7ccccc7)nc7c6-c6cccc8cccc-7c68)c5)ccc43)cc21. The zero-order valence-corrected chi connectivity index (χ0v) is 54.0. The van der Waals surface area contributed by atoms with Crippen LogP contribution in [0, 0.1) is 0 Å². The Morgan fingerprint density at radius 2 is 0.639 bits per heavy atom. The van der Waals surface area contributed by atoms with Crippen LogP contribution in [0.25, 0.3) is 183 Å². The van der Waals surface area contributed by atoms with Gasteiger partial charge in [-0.3, -0.25) is 0 Å². The Balaban J connectivity index is 0.742. The van der Waals surface area contributed by atoms with Crippen LogP contribution >= 0.6 is 0 Å². The quantitative estimate of drug-likeness (QED) is 0.160. The molecule has 0 atom stereocenters. The Kier molecular flexibility index (Phi) is 11.0. The molecule has 0 saturated heterocycles. The fourth-order valence-corrected chi connectivity index (χ4v) is 17.6.